The van der Waals surface area contributed by atoms with Crippen molar-refractivity contribution in [2.45, 2.75) is 6.61 Å². The smallest absolute Gasteiger partial charge is 1.00 e. The fraction of sp³-hybridized carbons (Fsp3) is 0.250. The van der Waals surface area contributed by atoms with Crippen LogP contribution in [0.1, 0.15) is 5.56 Å². The maximum atomic E-state index is 10.3. The van der Waals surface area contributed by atoms with E-state index in [1.165, 1.54) is 0 Å². The van der Waals surface area contributed by atoms with Crippen LogP contribution in [0.3, 0.4) is 0 Å². The third kappa shape index (κ3) is 4.30. The Morgan fingerprint density at radius 2 is 1.75 bits per heavy atom. The molecule has 12 heavy (non-hydrogen) atoms. The standard InChI is InChI=1S/C8H9O2.BrH.Mg/c1-10-8-4-2-7(6-9)3-5-8;;/h2-5H,6H2,1H3;1H;/q-1;;+2/p-1. The van der Waals surface area contributed by atoms with Gasteiger partial charge in [0.15, 0.2) is 0 Å². The van der Waals surface area contributed by atoms with E-state index in [-0.39, 0.29) is 46.6 Å². The molecule has 0 fully saturated rings. The van der Waals surface area contributed by atoms with Crippen molar-refractivity contribution in [1.29, 1.82) is 0 Å². The van der Waals surface area contributed by atoms with E-state index in [1.54, 1.807) is 31.4 Å². The SMILES string of the molecule is COc1ccc(C[O-])cc1.[Br-].[Mg+2]. The zero-order valence-corrected chi connectivity index (χ0v) is 9.92. The van der Waals surface area contributed by atoms with Gasteiger partial charge in [-0.3, -0.25) is 0 Å². The van der Waals surface area contributed by atoms with Gasteiger partial charge in [-0.15, -0.1) is 6.61 Å². The molecule has 0 radical (unpaired) electrons. The van der Waals surface area contributed by atoms with Gasteiger partial charge in [0.1, 0.15) is 5.75 Å². The minimum Gasteiger partial charge on any atom is -1.00 e. The predicted octanol–water partition coefficient (Wildman–Crippen LogP) is -2.82. The van der Waals surface area contributed by atoms with E-state index in [2.05, 4.69) is 0 Å². The van der Waals surface area contributed by atoms with Crippen LogP contribution in [0, 0.1) is 0 Å². The number of benzene rings is 1. The van der Waals surface area contributed by atoms with Crippen molar-refractivity contribution in [2.75, 3.05) is 7.11 Å². The molecule has 4 heteroatoms. The van der Waals surface area contributed by atoms with Gasteiger partial charge in [-0.05, 0) is 12.1 Å². The molecule has 1 aromatic rings. The molecule has 0 aliphatic rings. The number of rotatable bonds is 2. The second kappa shape index (κ2) is 7.85. The van der Waals surface area contributed by atoms with Crippen molar-refractivity contribution in [3.05, 3.63) is 29.8 Å². The Morgan fingerprint density at radius 3 is 2.08 bits per heavy atom. The van der Waals surface area contributed by atoms with Gasteiger partial charge in [0.05, 0.1) is 7.11 Å². The summed E-state index contributed by atoms with van der Waals surface area (Å²) in [6.45, 7) is -0.163. The number of hydrogen-bond acceptors (Lipinski definition) is 2. The molecular weight excluding hydrogens is 232 g/mol. The van der Waals surface area contributed by atoms with Gasteiger partial charge >= 0.3 is 23.1 Å². The van der Waals surface area contributed by atoms with Crippen LogP contribution in [0.5, 0.6) is 5.75 Å². The molecule has 0 saturated carbocycles. The summed E-state index contributed by atoms with van der Waals surface area (Å²) in [5.41, 5.74) is 0.792. The summed E-state index contributed by atoms with van der Waals surface area (Å²) in [6.07, 6.45) is 0. The normalized spacial score (nSPS) is 7.83. The minimum atomic E-state index is -0.163. The molecule has 0 aliphatic heterocycles. The predicted molar refractivity (Wildman–Crippen MR) is 42.5 cm³/mol. The Labute approximate surface area is 98.9 Å². The molecule has 62 valence electrons. The fourth-order valence-electron chi connectivity index (χ4n) is 0.722. The number of ether oxygens (including phenoxy) is 1. The fourth-order valence-corrected chi connectivity index (χ4v) is 0.722. The second-order valence-corrected chi connectivity index (χ2v) is 1.99. The van der Waals surface area contributed by atoms with Crippen LogP contribution in [0.15, 0.2) is 24.3 Å². The Hall–Kier alpha value is 0.226. The zero-order chi connectivity index (χ0) is 7.40. The topological polar surface area (TPSA) is 32.3 Å². The third-order valence-corrected chi connectivity index (χ3v) is 1.33. The van der Waals surface area contributed by atoms with Crippen LogP contribution < -0.4 is 26.8 Å². The Balaban J connectivity index is 0. The molecule has 2 nitrogen and oxygen atoms in total. The van der Waals surface area contributed by atoms with Crippen molar-refractivity contribution < 1.29 is 26.8 Å². The zero-order valence-electron chi connectivity index (χ0n) is 6.92. The molecule has 0 unspecified atom stereocenters. The van der Waals surface area contributed by atoms with Crippen LogP contribution in [-0.4, -0.2) is 30.2 Å². The Morgan fingerprint density at radius 1 is 1.25 bits per heavy atom. The van der Waals surface area contributed by atoms with E-state index in [9.17, 15) is 5.11 Å². The van der Waals surface area contributed by atoms with E-state index in [0.717, 1.165) is 11.3 Å². The summed E-state index contributed by atoms with van der Waals surface area (Å²) in [5.74, 6) is 0.789. The van der Waals surface area contributed by atoms with E-state index in [4.69, 9.17) is 4.74 Å². The molecule has 1 aromatic carbocycles. The minimum absolute atomic E-state index is 0. The van der Waals surface area contributed by atoms with Crippen LogP contribution in [0.4, 0.5) is 0 Å². The van der Waals surface area contributed by atoms with Crippen LogP contribution in [0.25, 0.3) is 0 Å². The Bertz CT molecular complexity index is 178. The maximum Gasteiger partial charge on any atom is 2.00 e. The largest absolute Gasteiger partial charge is 2.00 e. The maximum absolute atomic E-state index is 10.3. The molecular formula is C8H9BrMgO2. The van der Waals surface area contributed by atoms with Crippen molar-refractivity contribution >= 4 is 23.1 Å². The third-order valence-electron chi connectivity index (χ3n) is 1.33. The van der Waals surface area contributed by atoms with Crippen molar-refractivity contribution in [1.82, 2.24) is 0 Å². The van der Waals surface area contributed by atoms with Crippen molar-refractivity contribution in [3.8, 4) is 5.75 Å². The summed E-state index contributed by atoms with van der Waals surface area (Å²) in [6, 6.07) is 7.11. The molecule has 0 saturated heterocycles. The van der Waals surface area contributed by atoms with Gasteiger partial charge in [0.25, 0.3) is 0 Å². The first-order valence-corrected chi connectivity index (χ1v) is 3.08. The quantitative estimate of drug-likeness (QED) is 0.523. The van der Waals surface area contributed by atoms with Crippen LogP contribution in [-0.2, 0) is 6.61 Å². The van der Waals surface area contributed by atoms with Gasteiger partial charge in [-0.1, -0.05) is 17.7 Å². The average Bonchev–Trinajstić information content (AvgIpc) is 2.05. The first kappa shape index (κ1) is 14.7. The van der Waals surface area contributed by atoms with Gasteiger partial charge in [-0.25, -0.2) is 0 Å². The molecule has 0 bridgehead atoms. The molecule has 0 amide bonds. The van der Waals surface area contributed by atoms with E-state index < -0.39 is 0 Å². The molecule has 0 aliphatic carbocycles. The monoisotopic (exact) mass is 240 g/mol. The van der Waals surface area contributed by atoms with Crippen molar-refractivity contribution in [3.63, 3.8) is 0 Å². The molecule has 0 N–H and O–H groups in total. The average molecular weight is 241 g/mol. The Kier molecular flexibility index (Phi) is 9.64. The van der Waals surface area contributed by atoms with Gasteiger partial charge in [0.2, 0.25) is 0 Å². The summed E-state index contributed by atoms with van der Waals surface area (Å²) in [5, 5.41) is 10.3. The van der Waals surface area contributed by atoms with Gasteiger partial charge < -0.3 is 26.8 Å². The second-order valence-electron chi connectivity index (χ2n) is 1.99. The van der Waals surface area contributed by atoms with Crippen LogP contribution >= 0.6 is 0 Å². The number of methoxy groups -OCH3 is 1. The summed E-state index contributed by atoms with van der Waals surface area (Å²) in [4.78, 5) is 0. The number of hydrogen-bond donors (Lipinski definition) is 0. The summed E-state index contributed by atoms with van der Waals surface area (Å²) < 4.78 is 4.91. The molecule has 1 rings (SSSR count). The van der Waals surface area contributed by atoms with E-state index >= 15 is 0 Å². The van der Waals surface area contributed by atoms with E-state index in [1.807, 2.05) is 0 Å². The number of halogens is 1. The molecule has 0 heterocycles. The summed E-state index contributed by atoms with van der Waals surface area (Å²) >= 11 is 0. The molecule has 0 aromatic heterocycles. The van der Waals surface area contributed by atoms with Gasteiger partial charge in [-0.2, -0.15) is 0 Å². The molecule has 0 spiro atoms. The van der Waals surface area contributed by atoms with Gasteiger partial charge in [0, 0.05) is 0 Å². The van der Waals surface area contributed by atoms with Crippen LogP contribution in [0.2, 0.25) is 0 Å². The van der Waals surface area contributed by atoms with E-state index in [0.29, 0.717) is 0 Å². The first-order chi connectivity index (χ1) is 4.86. The summed E-state index contributed by atoms with van der Waals surface area (Å²) in [7, 11) is 1.60. The first-order valence-electron chi connectivity index (χ1n) is 3.08. The molecule has 0 atom stereocenters. The van der Waals surface area contributed by atoms with Crippen molar-refractivity contribution in [2.24, 2.45) is 0 Å².